The van der Waals surface area contributed by atoms with Crippen molar-refractivity contribution < 1.29 is 17.6 Å². The number of amides is 1. The van der Waals surface area contributed by atoms with Gasteiger partial charge >= 0.3 is 0 Å². The summed E-state index contributed by atoms with van der Waals surface area (Å²) in [6.45, 7) is 4.64. The Bertz CT molecular complexity index is 1540. The van der Waals surface area contributed by atoms with Crippen molar-refractivity contribution in [3.63, 3.8) is 0 Å². The van der Waals surface area contributed by atoms with E-state index in [0.29, 0.717) is 24.5 Å². The number of sulfone groups is 1. The van der Waals surface area contributed by atoms with Crippen LogP contribution in [0.2, 0.25) is 0 Å². The Morgan fingerprint density at radius 3 is 2.23 bits per heavy atom. The van der Waals surface area contributed by atoms with Gasteiger partial charge < -0.3 is 15.5 Å². The zero-order valence-electron chi connectivity index (χ0n) is 22.4. The number of carbonyl (C=O) groups is 1. The Hall–Kier alpha value is -3.63. The van der Waals surface area contributed by atoms with Crippen LogP contribution in [0.1, 0.15) is 53.0 Å². The highest BCUT2D eigenvalue weighted by atomic mass is 32.2. The van der Waals surface area contributed by atoms with E-state index < -0.39 is 9.84 Å². The molecule has 2 aromatic carbocycles. The van der Waals surface area contributed by atoms with Crippen LogP contribution in [0.5, 0.6) is 0 Å². The van der Waals surface area contributed by atoms with E-state index in [1.54, 1.807) is 11.0 Å². The van der Waals surface area contributed by atoms with Crippen LogP contribution in [-0.2, 0) is 9.84 Å². The number of anilines is 1. The van der Waals surface area contributed by atoms with Crippen LogP contribution in [0.4, 0.5) is 10.3 Å². The van der Waals surface area contributed by atoms with Gasteiger partial charge in [-0.05, 0) is 60.2 Å². The molecule has 3 aliphatic rings. The predicted molar refractivity (Wildman–Crippen MR) is 152 cm³/mol. The molecule has 0 radical (unpaired) electrons. The molecule has 1 aliphatic carbocycles. The number of hydrogen-bond acceptors (Lipinski definition) is 7. The molecule has 6 rings (SSSR count). The van der Waals surface area contributed by atoms with E-state index in [4.69, 9.17) is 0 Å². The summed E-state index contributed by atoms with van der Waals surface area (Å²) in [4.78, 5) is 23.5. The monoisotopic (exact) mass is 561 g/mol. The Balaban J connectivity index is 1.16. The second-order valence-electron chi connectivity index (χ2n) is 11.1. The van der Waals surface area contributed by atoms with Crippen LogP contribution in [-0.4, -0.2) is 62.0 Å². The van der Waals surface area contributed by atoms with Crippen molar-refractivity contribution >= 4 is 27.3 Å². The van der Waals surface area contributed by atoms with Gasteiger partial charge in [0.15, 0.2) is 9.84 Å². The molecule has 40 heavy (non-hydrogen) atoms. The molecule has 2 saturated heterocycles. The first-order valence-corrected chi connectivity index (χ1v) is 15.4. The van der Waals surface area contributed by atoms with Gasteiger partial charge in [0.05, 0.1) is 17.5 Å². The highest BCUT2D eigenvalue weighted by Crippen LogP contribution is 2.51. The Morgan fingerprint density at radius 2 is 1.62 bits per heavy atom. The number of carbonyl (C=O) groups excluding carboxylic acids is 1. The normalized spacial score (nSPS) is 19.9. The minimum atomic E-state index is -3.03. The summed E-state index contributed by atoms with van der Waals surface area (Å²) in [7, 11) is -3.03. The maximum absolute atomic E-state index is 13.7. The molecule has 3 heterocycles. The van der Waals surface area contributed by atoms with Crippen LogP contribution < -0.4 is 15.5 Å². The van der Waals surface area contributed by atoms with Crippen molar-refractivity contribution in [1.82, 2.24) is 20.6 Å². The summed E-state index contributed by atoms with van der Waals surface area (Å²) in [6.07, 6.45) is 3.62. The van der Waals surface area contributed by atoms with Crippen molar-refractivity contribution in [2.75, 3.05) is 42.6 Å². The minimum absolute atomic E-state index is 0.0530. The highest BCUT2D eigenvalue weighted by Gasteiger charge is 2.46. The topological polar surface area (TPSA) is 104 Å². The first kappa shape index (κ1) is 26.6. The number of benzene rings is 2. The van der Waals surface area contributed by atoms with Gasteiger partial charge in [0.1, 0.15) is 11.5 Å². The van der Waals surface area contributed by atoms with Crippen LogP contribution in [0, 0.1) is 11.2 Å². The number of nitrogens with one attached hydrogen (secondary N) is 2. The van der Waals surface area contributed by atoms with Gasteiger partial charge in [0.2, 0.25) is 5.95 Å². The predicted octanol–water partition coefficient (Wildman–Crippen LogP) is 3.53. The smallest absolute Gasteiger partial charge is 0.270 e. The van der Waals surface area contributed by atoms with Gasteiger partial charge in [-0.1, -0.05) is 42.0 Å². The van der Waals surface area contributed by atoms with Crippen LogP contribution >= 0.6 is 0 Å². The quantitative estimate of drug-likeness (QED) is 0.475. The Kier molecular flexibility index (Phi) is 6.92. The first-order chi connectivity index (χ1) is 19.2. The van der Waals surface area contributed by atoms with Crippen LogP contribution in [0.15, 0.2) is 66.4 Å². The number of hydrogen-bond donors (Lipinski definition) is 2. The van der Waals surface area contributed by atoms with Gasteiger partial charge in [-0.3, -0.25) is 4.79 Å². The molecule has 10 heteroatoms. The summed E-state index contributed by atoms with van der Waals surface area (Å²) in [6, 6.07) is 16.2. The fraction of sp³-hybridized carbons (Fsp3) is 0.367. The second-order valence-corrected chi connectivity index (χ2v) is 13.4. The number of aromatic nitrogens is 2. The van der Waals surface area contributed by atoms with Crippen LogP contribution in [0.3, 0.4) is 0 Å². The fourth-order valence-electron chi connectivity index (χ4n) is 5.78. The standard InChI is InChI=1S/C30H32FN5O3S/c1-20(34-28(37)26-10-11-33-29(35-26)36-12-14-40(38,39)15-13-36)21-2-4-22(5-3-21)27(23-6-8-25(31)9-7-23)24-16-30(17-24)18-32-19-30/h2-11,20,32H,12-19H2,1H3,(H,34,37)/t20-/m1/s1. The summed E-state index contributed by atoms with van der Waals surface area (Å²) in [5, 5.41) is 6.39. The van der Waals surface area contributed by atoms with Gasteiger partial charge in [-0.2, -0.15) is 0 Å². The summed E-state index contributed by atoms with van der Waals surface area (Å²) in [5.41, 5.74) is 6.21. The molecular formula is C30H32FN5O3S. The third-order valence-electron chi connectivity index (χ3n) is 8.21. The molecule has 8 nitrogen and oxygen atoms in total. The van der Waals surface area contributed by atoms with Gasteiger partial charge in [-0.15, -0.1) is 0 Å². The zero-order valence-corrected chi connectivity index (χ0v) is 23.2. The fourth-order valence-corrected chi connectivity index (χ4v) is 6.98. The average Bonchev–Trinajstić information content (AvgIpc) is 2.90. The molecule has 1 spiro atoms. The van der Waals surface area contributed by atoms with Crippen molar-refractivity contribution in [3.05, 3.63) is 94.6 Å². The van der Waals surface area contributed by atoms with Crippen molar-refractivity contribution in [1.29, 1.82) is 0 Å². The molecule has 1 atom stereocenters. The molecule has 208 valence electrons. The van der Waals surface area contributed by atoms with E-state index in [-0.39, 0.29) is 35.0 Å². The zero-order chi connectivity index (χ0) is 27.9. The number of halogens is 1. The van der Waals surface area contributed by atoms with E-state index >= 15 is 0 Å². The Morgan fingerprint density at radius 1 is 1.00 bits per heavy atom. The maximum atomic E-state index is 13.7. The molecule has 0 bridgehead atoms. The third-order valence-corrected chi connectivity index (χ3v) is 9.82. The lowest BCUT2D eigenvalue weighted by Crippen LogP contribution is -2.58. The molecule has 1 saturated carbocycles. The third kappa shape index (κ3) is 5.38. The van der Waals surface area contributed by atoms with Gasteiger partial charge in [0.25, 0.3) is 5.91 Å². The van der Waals surface area contributed by atoms with E-state index in [1.807, 2.05) is 31.2 Å². The van der Waals surface area contributed by atoms with Crippen molar-refractivity contribution in [2.45, 2.75) is 25.8 Å². The average molecular weight is 562 g/mol. The SMILES string of the molecule is C[C@@H](NC(=O)c1ccnc(N2CCS(=O)(=O)CC2)n1)c1ccc(C(=C2CC3(CNC3)C2)c2ccc(F)cc2)cc1. The lowest BCUT2D eigenvalue weighted by molar-refractivity contribution is 0.0934. The lowest BCUT2D eigenvalue weighted by Gasteiger charge is -2.52. The lowest BCUT2D eigenvalue weighted by atomic mass is 9.60. The van der Waals surface area contributed by atoms with E-state index in [0.717, 1.165) is 42.6 Å². The molecule has 0 unspecified atom stereocenters. The molecule has 3 fully saturated rings. The van der Waals surface area contributed by atoms with Crippen molar-refractivity contribution in [3.8, 4) is 0 Å². The highest BCUT2D eigenvalue weighted by molar-refractivity contribution is 7.91. The first-order valence-electron chi connectivity index (χ1n) is 13.6. The Labute approximate surface area is 233 Å². The number of rotatable bonds is 6. The summed E-state index contributed by atoms with van der Waals surface area (Å²) < 4.78 is 37.1. The largest absolute Gasteiger partial charge is 0.344 e. The van der Waals surface area contributed by atoms with Crippen molar-refractivity contribution in [2.24, 2.45) is 5.41 Å². The van der Waals surface area contributed by atoms with E-state index in [9.17, 15) is 17.6 Å². The van der Waals surface area contributed by atoms with E-state index in [1.165, 1.54) is 29.5 Å². The van der Waals surface area contributed by atoms with Gasteiger partial charge in [0, 0.05) is 37.8 Å². The van der Waals surface area contributed by atoms with Crippen LogP contribution in [0.25, 0.3) is 5.57 Å². The number of nitrogens with zero attached hydrogens (tertiary/aromatic N) is 3. The molecule has 2 aliphatic heterocycles. The molecular weight excluding hydrogens is 529 g/mol. The maximum Gasteiger partial charge on any atom is 0.270 e. The van der Waals surface area contributed by atoms with E-state index in [2.05, 4.69) is 32.7 Å². The molecule has 2 N–H and O–H groups in total. The summed E-state index contributed by atoms with van der Waals surface area (Å²) in [5.74, 6) is -0.111. The van der Waals surface area contributed by atoms with Gasteiger partial charge in [-0.25, -0.2) is 22.8 Å². The molecule has 1 aromatic heterocycles. The number of allylic oxidation sites excluding steroid dienone is 1. The molecule has 1 amide bonds. The minimum Gasteiger partial charge on any atom is -0.344 e. The second kappa shape index (κ2) is 10.4. The summed E-state index contributed by atoms with van der Waals surface area (Å²) >= 11 is 0. The molecule has 3 aromatic rings.